The number of nitrogens with zero attached hydrogens (tertiary/aromatic N) is 1. The second-order valence-electron chi connectivity index (χ2n) is 5.30. The van der Waals surface area contributed by atoms with Gasteiger partial charge in [-0.25, -0.2) is 4.39 Å². The molecule has 1 N–H and O–H groups in total. The van der Waals surface area contributed by atoms with E-state index < -0.39 is 0 Å². The van der Waals surface area contributed by atoms with Gasteiger partial charge in [0.25, 0.3) is 0 Å². The van der Waals surface area contributed by atoms with E-state index in [1.54, 1.807) is 12.1 Å². The molecule has 0 aliphatic rings. The quantitative estimate of drug-likeness (QED) is 0.831. The SMILES string of the molecule is CCCNC(C)c1ccc(N(C)c2ccc(F)cc2)cc1. The number of hydrogen-bond acceptors (Lipinski definition) is 2. The molecule has 0 saturated carbocycles. The third-order valence-electron chi connectivity index (χ3n) is 3.69. The predicted molar refractivity (Wildman–Crippen MR) is 87.6 cm³/mol. The summed E-state index contributed by atoms with van der Waals surface area (Å²) in [7, 11) is 1.99. The Morgan fingerprint density at radius 3 is 2.05 bits per heavy atom. The van der Waals surface area contributed by atoms with Crippen LogP contribution in [0.2, 0.25) is 0 Å². The molecular weight excluding hydrogens is 263 g/mol. The van der Waals surface area contributed by atoms with Gasteiger partial charge < -0.3 is 10.2 Å². The monoisotopic (exact) mass is 286 g/mol. The molecule has 0 aromatic heterocycles. The molecule has 0 radical (unpaired) electrons. The highest BCUT2D eigenvalue weighted by molar-refractivity contribution is 5.62. The van der Waals surface area contributed by atoms with Crippen molar-refractivity contribution in [1.29, 1.82) is 0 Å². The summed E-state index contributed by atoms with van der Waals surface area (Å²) >= 11 is 0. The summed E-state index contributed by atoms with van der Waals surface area (Å²) in [4.78, 5) is 2.05. The summed E-state index contributed by atoms with van der Waals surface area (Å²) in [6.07, 6.45) is 1.13. The van der Waals surface area contributed by atoms with Gasteiger partial charge in [-0.15, -0.1) is 0 Å². The highest BCUT2D eigenvalue weighted by Crippen LogP contribution is 2.25. The number of benzene rings is 2. The average Bonchev–Trinajstić information content (AvgIpc) is 2.53. The number of halogens is 1. The average molecular weight is 286 g/mol. The summed E-state index contributed by atoms with van der Waals surface area (Å²) in [5.41, 5.74) is 3.34. The summed E-state index contributed by atoms with van der Waals surface area (Å²) in [6.45, 7) is 5.37. The summed E-state index contributed by atoms with van der Waals surface area (Å²) in [6, 6.07) is 15.4. The van der Waals surface area contributed by atoms with Crippen LogP contribution in [0, 0.1) is 5.82 Å². The Morgan fingerprint density at radius 2 is 1.52 bits per heavy atom. The molecule has 1 unspecified atom stereocenters. The molecule has 0 saturated heterocycles. The van der Waals surface area contributed by atoms with E-state index in [1.807, 2.05) is 11.9 Å². The van der Waals surface area contributed by atoms with E-state index in [4.69, 9.17) is 0 Å². The molecule has 3 heteroatoms. The van der Waals surface area contributed by atoms with Crippen molar-refractivity contribution in [1.82, 2.24) is 5.32 Å². The first kappa shape index (κ1) is 15.5. The van der Waals surface area contributed by atoms with Gasteiger partial charge in [0, 0.05) is 24.5 Å². The van der Waals surface area contributed by atoms with Gasteiger partial charge in [0.15, 0.2) is 0 Å². The van der Waals surface area contributed by atoms with Gasteiger partial charge in [0.2, 0.25) is 0 Å². The van der Waals surface area contributed by atoms with E-state index in [-0.39, 0.29) is 5.82 Å². The van der Waals surface area contributed by atoms with E-state index >= 15 is 0 Å². The van der Waals surface area contributed by atoms with Crippen molar-refractivity contribution in [2.24, 2.45) is 0 Å². The molecular formula is C18H23FN2. The van der Waals surface area contributed by atoms with Crippen molar-refractivity contribution in [3.63, 3.8) is 0 Å². The Morgan fingerprint density at radius 1 is 1.00 bits per heavy atom. The minimum atomic E-state index is -0.210. The Bertz CT molecular complexity index is 548. The van der Waals surface area contributed by atoms with E-state index in [1.165, 1.54) is 17.7 Å². The number of hydrogen-bond donors (Lipinski definition) is 1. The number of nitrogens with one attached hydrogen (secondary N) is 1. The van der Waals surface area contributed by atoms with Crippen molar-refractivity contribution >= 4 is 11.4 Å². The Balaban J connectivity index is 2.09. The van der Waals surface area contributed by atoms with Crippen LogP contribution >= 0.6 is 0 Å². The molecule has 2 aromatic carbocycles. The topological polar surface area (TPSA) is 15.3 Å². The van der Waals surface area contributed by atoms with Gasteiger partial charge in [0.05, 0.1) is 0 Å². The highest BCUT2D eigenvalue weighted by atomic mass is 19.1. The highest BCUT2D eigenvalue weighted by Gasteiger charge is 2.07. The maximum Gasteiger partial charge on any atom is 0.123 e. The van der Waals surface area contributed by atoms with Crippen LogP contribution in [0.1, 0.15) is 31.9 Å². The van der Waals surface area contributed by atoms with Crippen molar-refractivity contribution in [3.05, 3.63) is 59.9 Å². The lowest BCUT2D eigenvalue weighted by Gasteiger charge is -2.21. The maximum absolute atomic E-state index is 13.0. The van der Waals surface area contributed by atoms with E-state index in [2.05, 4.69) is 43.4 Å². The largest absolute Gasteiger partial charge is 0.345 e. The molecule has 0 amide bonds. The van der Waals surface area contributed by atoms with Gasteiger partial charge >= 0.3 is 0 Å². The van der Waals surface area contributed by atoms with Crippen LogP contribution in [0.25, 0.3) is 0 Å². The summed E-state index contributed by atoms with van der Waals surface area (Å²) in [5.74, 6) is -0.210. The van der Waals surface area contributed by atoms with Crippen molar-refractivity contribution in [2.75, 3.05) is 18.5 Å². The fraction of sp³-hybridized carbons (Fsp3) is 0.333. The minimum absolute atomic E-state index is 0.210. The maximum atomic E-state index is 13.0. The molecule has 21 heavy (non-hydrogen) atoms. The third kappa shape index (κ3) is 4.05. The first-order chi connectivity index (χ1) is 10.1. The van der Waals surface area contributed by atoms with Crippen LogP contribution < -0.4 is 10.2 Å². The number of rotatable bonds is 6. The molecule has 0 aliphatic heterocycles. The normalized spacial score (nSPS) is 12.2. The van der Waals surface area contributed by atoms with Crippen LogP contribution in [0.5, 0.6) is 0 Å². The molecule has 2 aromatic rings. The second kappa shape index (κ2) is 7.23. The Kier molecular flexibility index (Phi) is 5.34. The van der Waals surface area contributed by atoms with E-state index in [0.717, 1.165) is 24.3 Å². The second-order valence-corrected chi connectivity index (χ2v) is 5.30. The fourth-order valence-corrected chi connectivity index (χ4v) is 2.28. The van der Waals surface area contributed by atoms with Crippen LogP contribution in [0.4, 0.5) is 15.8 Å². The minimum Gasteiger partial charge on any atom is -0.345 e. The van der Waals surface area contributed by atoms with Crippen LogP contribution in [0.3, 0.4) is 0 Å². The lowest BCUT2D eigenvalue weighted by Crippen LogP contribution is -2.19. The van der Waals surface area contributed by atoms with Crippen LogP contribution in [0.15, 0.2) is 48.5 Å². The van der Waals surface area contributed by atoms with Crippen LogP contribution in [-0.2, 0) is 0 Å². The molecule has 0 spiro atoms. The zero-order chi connectivity index (χ0) is 15.2. The zero-order valence-electron chi connectivity index (χ0n) is 12.9. The standard InChI is InChI=1S/C18H23FN2/c1-4-13-20-14(2)15-5-9-17(10-6-15)21(3)18-11-7-16(19)8-12-18/h5-12,14,20H,4,13H2,1-3H3. The van der Waals surface area contributed by atoms with Crippen molar-refractivity contribution < 1.29 is 4.39 Å². The van der Waals surface area contributed by atoms with Gasteiger partial charge in [-0.2, -0.15) is 0 Å². The van der Waals surface area contributed by atoms with Crippen molar-refractivity contribution in [2.45, 2.75) is 26.3 Å². The summed E-state index contributed by atoms with van der Waals surface area (Å²) < 4.78 is 13.0. The fourth-order valence-electron chi connectivity index (χ4n) is 2.28. The molecule has 1 atom stereocenters. The van der Waals surface area contributed by atoms with E-state index in [0.29, 0.717) is 6.04 Å². The summed E-state index contributed by atoms with van der Waals surface area (Å²) in [5, 5.41) is 3.48. The van der Waals surface area contributed by atoms with Gasteiger partial charge in [0.1, 0.15) is 5.82 Å². The van der Waals surface area contributed by atoms with Crippen LogP contribution in [-0.4, -0.2) is 13.6 Å². The molecule has 0 fully saturated rings. The third-order valence-corrected chi connectivity index (χ3v) is 3.69. The molecule has 2 rings (SSSR count). The Labute approximate surface area is 126 Å². The van der Waals surface area contributed by atoms with E-state index in [9.17, 15) is 4.39 Å². The Hall–Kier alpha value is -1.87. The van der Waals surface area contributed by atoms with Gasteiger partial charge in [-0.3, -0.25) is 0 Å². The molecule has 0 aliphatic carbocycles. The number of anilines is 2. The smallest absolute Gasteiger partial charge is 0.123 e. The lowest BCUT2D eigenvalue weighted by molar-refractivity contribution is 0.571. The molecule has 0 heterocycles. The molecule has 2 nitrogen and oxygen atoms in total. The molecule has 112 valence electrons. The van der Waals surface area contributed by atoms with Gasteiger partial charge in [-0.1, -0.05) is 19.1 Å². The van der Waals surface area contributed by atoms with Crippen molar-refractivity contribution in [3.8, 4) is 0 Å². The first-order valence-corrected chi connectivity index (χ1v) is 7.44. The van der Waals surface area contributed by atoms with Gasteiger partial charge in [-0.05, 0) is 61.9 Å². The lowest BCUT2D eigenvalue weighted by atomic mass is 10.1. The predicted octanol–water partition coefficient (Wildman–Crippen LogP) is 4.65. The first-order valence-electron chi connectivity index (χ1n) is 7.44. The molecule has 0 bridgehead atoms. The zero-order valence-corrected chi connectivity index (χ0v) is 12.9.